The van der Waals surface area contributed by atoms with Crippen LogP contribution in [-0.2, 0) is 6.54 Å². The van der Waals surface area contributed by atoms with Gasteiger partial charge in [0.25, 0.3) is 0 Å². The maximum absolute atomic E-state index is 5.95. The van der Waals surface area contributed by atoms with Crippen molar-refractivity contribution in [2.45, 2.75) is 46.7 Å². The lowest BCUT2D eigenvalue weighted by Crippen LogP contribution is -2.16. The first-order valence-electron chi connectivity index (χ1n) is 6.66. The number of hydrogen-bond acceptors (Lipinski definition) is 4. The van der Waals surface area contributed by atoms with Gasteiger partial charge >= 0.3 is 0 Å². The zero-order chi connectivity index (χ0) is 14.0. The van der Waals surface area contributed by atoms with Crippen LogP contribution in [0.5, 0.6) is 0 Å². The van der Waals surface area contributed by atoms with Crippen molar-refractivity contribution in [2.24, 2.45) is 5.92 Å². The van der Waals surface area contributed by atoms with Crippen LogP contribution in [0.2, 0.25) is 5.28 Å². The van der Waals surface area contributed by atoms with E-state index >= 15 is 0 Å². The van der Waals surface area contributed by atoms with E-state index < -0.39 is 0 Å². The quantitative estimate of drug-likeness (QED) is 0.854. The van der Waals surface area contributed by atoms with Gasteiger partial charge in [0.05, 0.1) is 6.33 Å². The van der Waals surface area contributed by atoms with E-state index in [0.717, 1.165) is 24.3 Å². The number of nitrogens with zero attached hydrogens (tertiary/aromatic N) is 4. The summed E-state index contributed by atoms with van der Waals surface area (Å²) in [5, 5.41) is 3.61. The van der Waals surface area contributed by atoms with Crippen LogP contribution in [0.1, 0.15) is 34.1 Å². The van der Waals surface area contributed by atoms with E-state index in [9.17, 15) is 0 Å². The van der Waals surface area contributed by atoms with Crippen molar-refractivity contribution >= 4 is 28.6 Å². The van der Waals surface area contributed by atoms with Crippen LogP contribution in [0.4, 0.5) is 5.82 Å². The maximum Gasteiger partial charge on any atom is 0.226 e. The molecule has 1 atom stereocenters. The second kappa shape index (κ2) is 5.74. The van der Waals surface area contributed by atoms with Crippen LogP contribution in [0, 0.1) is 5.92 Å². The zero-order valence-electron chi connectivity index (χ0n) is 11.8. The SMILES string of the molecule is CCC(C)Nc1nc(Cl)nc2ncn(CC(C)C)c12. The smallest absolute Gasteiger partial charge is 0.226 e. The summed E-state index contributed by atoms with van der Waals surface area (Å²) in [7, 11) is 0. The van der Waals surface area contributed by atoms with E-state index in [0.29, 0.717) is 17.6 Å². The van der Waals surface area contributed by atoms with Crippen LogP contribution in [0.15, 0.2) is 6.33 Å². The van der Waals surface area contributed by atoms with Gasteiger partial charge in [-0.25, -0.2) is 4.98 Å². The van der Waals surface area contributed by atoms with Gasteiger partial charge in [0.15, 0.2) is 11.5 Å². The molecule has 1 N–H and O–H groups in total. The van der Waals surface area contributed by atoms with E-state index in [4.69, 9.17) is 11.6 Å². The zero-order valence-corrected chi connectivity index (χ0v) is 12.6. The summed E-state index contributed by atoms with van der Waals surface area (Å²) in [5.74, 6) is 1.30. The minimum atomic E-state index is 0.230. The molecule has 0 saturated carbocycles. The molecule has 1 unspecified atom stereocenters. The minimum Gasteiger partial charge on any atom is -0.366 e. The fourth-order valence-corrected chi connectivity index (χ4v) is 2.09. The summed E-state index contributed by atoms with van der Waals surface area (Å²) in [4.78, 5) is 12.8. The Kier molecular flexibility index (Phi) is 4.24. The third-order valence-electron chi connectivity index (χ3n) is 3.00. The Balaban J connectivity index is 2.49. The predicted molar refractivity (Wildman–Crippen MR) is 78.5 cm³/mol. The highest BCUT2D eigenvalue weighted by Crippen LogP contribution is 2.23. The van der Waals surface area contributed by atoms with E-state index in [2.05, 4.69) is 52.5 Å². The number of aromatic nitrogens is 4. The van der Waals surface area contributed by atoms with Crippen molar-refractivity contribution in [3.05, 3.63) is 11.6 Å². The first kappa shape index (κ1) is 14.1. The van der Waals surface area contributed by atoms with Crippen molar-refractivity contribution in [1.82, 2.24) is 19.5 Å². The molecule has 2 heterocycles. The predicted octanol–water partition coefficient (Wildman–Crippen LogP) is 3.35. The van der Waals surface area contributed by atoms with Gasteiger partial charge in [-0.1, -0.05) is 20.8 Å². The molecular weight excluding hydrogens is 262 g/mol. The molecule has 0 aromatic carbocycles. The largest absolute Gasteiger partial charge is 0.366 e. The van der Waals surface area contributed by atoms with Crippen LogP contribution in [0.25, 0.3) is 11.2 Å². The first-order chi connectivity index (χ1) is 9.01. The van der Waals surface area contributed by atoms with Crippen LogP contribution < -0.4 is 5.32 Å². The number of halogens is 1. The minimum absolute atomic E-state index is 0.230. The molecule has 0 saturated heterocycles. The highest BCUT2D eigenvalue weighted by molar-refractivity contribution is 6.28. The summed E-state index contributed by atoms with van der Waals surface area (Å²) < 4.78 is 2.08. The average Bonchev–Trinajstić information content (AvgIpc) is 2.71. The monoisotopic (exact) mass is 281 g/mol. The second-order valence-electron chi connectivity index (χ2n) is 5.26. The Bertz CT molecular complexity index is 563. The normalized spacial score (nSPS) is 13.2. The van der Waals surface area contributed by atoms with Gasteiger partial charge < -0.3 is 9.88 Å². The highest BCUT2D eigenvalue weighted by atomic mass is 35.5. The number of rotatable bonds is 5. The molecule has 0 aliphatic heterocycles. The second-order valence-corrected chi connectivity index (χ2v) is 5.60. The molecular formula is C13H20ClN5. The Labute approximate surface area is 118 Å². The number of nitrogens with one attached hydrogen (secondary N) is 1. The Morgan fingerprint density at radius 1 is 1.32 bits per heavy atom. The Morgan fingerprint density at radius 3 is 2.68 bits per heavy atom. The fourth-order valence-electron chi connectivity index (χ4n) is 1.92. The van der Waals surface area contributed by atoms with Crippen LogP contribution >= 0.6 is 11.6 Å². The van der Waals surface area contributed by atoms with E-state index in [-0.39, 0.29) is 5.28 Å². The summed E-state index contributed by atoms with van der Waals surface area (Å²) in [6.45, 7) is 9.47. The van der Waals surface area contributed by atoms with Crippen molar-refractivity contribution < 1.29 is 0 Å². The van der Waals surface area contributed by atoms with Gasteiger partial charge in [-0.05, 0) is 30.9 Å². The lowest BCUT2D eigenvalue weighted by molar-refractivity contribution is 0.532. The summed E-state index contributed by atoms with van der Waals surface area (Å²) in [6, 6.07) is 0.330. The van der Waals surface area contributed by atoms with E-state index in [1.807, 2.05) is 0 Å². The molecule has 0 radical (unpaired) electrons. The van der Waals surface area contributed by atoms with Gasteiger partial charge in [-0.3, -0.25) is 0 Å². The molecule has 2 rings (SSSR count). The fraction of sp³-hybridized carbons (Fsp3) is 0.615. The van der Waals surface area contributed by atoms with E-state index in [1.165, 1.54) is 0 Å². The van der Waals surface area contributed by atoms with Crippen LogP contribution in [0.3, 0.4) is 0 Å². The van der Waals surface area contributed by atoms with Crippen molar-refractivity contribution in [2.75, 3.05) is 5.32 Å². The van der Waals surface area contributed by atoms with Gasteiger partial charge in [-0.2, -0.15) is 9.97 Å². The molecule has 5 nitrogen and oxygen atoms in total. The summed E-state index contributed by atoms with van der Waals surface area (Å²) >= 11 is 5.95. The molecule has 0 aliphatic rings. The molecule has 19 heavy (non-hydrogen) atoms. The molecule has 104 valence electrons. The number of fused-ring (bicyclic) bond motifs is 1. The standard InChI is InChI=1S/C13H20ClN5/c1-5-9(4)16-12-10-11(17-13(14)18-12)15-7-19(10)6-8(2)3/h7-9H,5-6H2,1-4H3,(H,16,17,18). The van der Waals surface area contributed by atoms with Crippen molar-refractivity contribution in [3.63, 3.8) is 0 Å². The van der Waals surface area contributed by atoms with Gasteiger partial charge in [0, 0.05) is 12.6 Å². The summed E-state index contributed by atoms with van der Waals surface area (Å²) in [6.07, 6.45) is 2.82. The number of imidazole rings is 1. The van der Waals surface area contributed by atoms with Gasteiger partial charge in [-0.15, -0.1) is 0 Å². The van der Waals surface area contributed by atoms with Crippen molar-refractivity contribution in [3.8, 4) is 0 Å². The molecule has 0 amide bonds. The van der Waals surface area contributed by atoms with Crippen molar-refractivity contribution in [1.29, 1.82) is 0 Å². The number of anilines is 1. The topological polar surface area (TPSA) is 55.6 Å². The van der Waals surface area contributed by atoms with Gasteiger partial charge in [0.1, 0.15) is 5.52 Å². The maximum atomic E-state index is 5.95. The number of hydrogen-bond donors (Lipinski definition) is 1. The average molecular weight is 282 g/mol. The molecule has 0 fully saturated rings. The lowest BCUT2D eigenvalue weighted by Gasteiger charge is -2.15. The molecule has 2 aromatic heterocycles. The van der Waals surface area contributed by atoms with E-state index in [1.54, 1.807) is 6.33 Å². The molecule has 2 aromatic rings. The Hall–Kier alpha value is -1.36. The molecule has 0 spiro atoms. The molecule has 6 heteroatoms. The van der Waals surface area contributed by atoms with Crippen LogP contribution in [-0.4, -0.2) is 25.6 Å². The van der Waals surface area contributed by atoms with Gasteiger partial charge in [0.2, 0.25) is 5.28 Å². The molecule has 0 bridgehead atoms. The lowest BCUT2D eigenvalue weighted by atomic mass is 10.2. The third-order valence-corrected chi connectivity index (χ3v) is 3.17. The highest BCUT2D eigenvalue weighted by Gasteiger charge is 2.14. The molecule has 0 aliphatic carbocycles. The first-order valence-corrected chi connectivity index (χ1v) is 7.04. The third kappa shape index (κ3) is 3.15. The summed E-state index contributed by atoms with van der Waals surface area (Å²) in [5.41, 5.74) is 1.57. The Morgan fingerprint density at radius 2 is 2.05 bits per heavy atom.